The molecule has 1 heterocycles. The van der Waals surface area contributed by atoms with Crippen LogP contribution in [-0.4, -0.2) is 40.3 Å². The minimum Gasteiger partial charge on any atom is -0.480 e. The van der Waals surface area contributed by atoms with E-state index >= 15 is 0 Å². The average Bonchev–Trinajstić information content (AvgIpc) is 2.77. The average molecular weight is 299 g/mol. The first kappa shape index (κ1) is 17.8. The summed E-state index contributed by atoms with van der Waals surface area (Å²) in [4.78, 5) is 25.2. The van der Waals surface area contributed by atoms with E-state index in [2.05, 4.69) is 13.8 Å². The van der Waals surface area contributed by atoms with Crippen molar-refractivity contribution in [3.63, 3.8) is 0 Å². The van der Waals surface area contributed by atoms with Crippen LogP contribution in [0.15, 0.2) is 0 Å². The number of likely N-dealkylation sites (tertiary alicyclic amines) is 1. The van der Waals surface area contributed by atoms with E-state index < -0.39 is 23.7 Å². The standard InChI is InChI=1S/C16H29NO4/c1-6-11(7-2)10-12-8-9-17(13(12)14(18)19)15(20)21-16(3,4)5/h11-13H,6-10H2,1-5H3,(H,18,19)/t12-,13+/m0/s1. The Kier molecular flexibility index (Phi) is 6.05. The summed E-state index contributed by atoms with van der Waals surface area (Å²) >= 11 is 0. The maximum Gasteiger partial charge on any atom is 0.411 e. The van der Waals surface area contributed by atoms with Crippen LogP contribution in [0.3, 0.4) is 0 Å². The Hall–Kier alpha value is -1.26. The number of carboxylic acids is 1. The molecule has 0 radical (unpaired) electrons. The molecule has 1 aliphatic rings. The molecule has 0 aromatic rings. The summed E-state index contributed by atoms with van der Waals surface area (Å²) in [6.07, 6.45) is 3.19. The molecule has 1 N–H and O–H groups in total. The van der Waals surface area contributed by atoms with Gasteiger partial charge in [0.2, 0.25) is 0 Å². The Morgan fingerprint density at radius 1 is 1.29 bits per heavy atom. The van der Waals surface area contributed by atoms with Gasteiger partial charge in [-0.15, -0.1) is 0 Å². The number of ether oxygens (including phenoxy) is 1. The van der Waals surface area contributed by atoms with Crippen molar-refractivity contribution in [2.75, 3.05) is 6.54 Å². The fraction of sp³-hybridized carbons (Fsp3) is 0.875. The van der Waals surface area contributed by atoms with E-state index in [1.165, 1.54) is 4.90 Å². The highest BCUT2D eigenvalue weighted by atomic mass is 16.6. The second-order valence-electron chi connectivity index (χ2n) is 6.92. The SMILES string of the molecule is CCC(CC)C[C@@H]1CCN(C(=O)OC(C)(C)C)[C@H]1C(=O)O. The van der Waals surface area contributed by atoms with Crippen LogP contribution in [0, 0.1) is 11.8 Å². The summed E-state index contributed by atoms with van der Waals surface area (Å²) in [5.74, 6) is -0.371. The van der Waals surface area contributed by atoms with E-state index in [4.69, 9.17) is 4.74 Å². The first-order valence-corrected chi connectivity index (χ1v) is 7.92. The van der Waals surface area contributed by atoms with Gasteiger partial charge in [-0.1, -0.05) is 26.7 Å². The maximum absolute atomic E-state index is 12.2. The molecule has 1 fully saturated rings. The maximum atomic E-state index is 12.2. The predicted octanol–water partition coefficient (Wildman–Crippen LogP) is 3.52. The van der Waals surface area contributed by atoms with Crippen molar-refractivity contribution in [2.24, 2.45) is 11.8 Å². The number of rotatable bonds is 5. The number of hydrogen-bond acceptors (Lipinski definition) is 3. The van der Waals surface area contributed by atoms with Crippen LogP contribution >= 0.6 is 0 Å². The molecule has 21 heavy (non-hydrogen) atoms. The van der Waals surface area contributed by atoms with Gasteiger partial charge in [-0.2, -0.15) is 0 Å². The Bertz CT molecular complexity index is 371. The largest absolute Gasteiger partial charge is 0.480 e. The molecule has 5 heteroatoms. The number of hydrogen-bond donors (Lipinski definition) is 1. The monoisotopic (exact) mass is 299 g/mol. The molecule has 1 rings (SSSR count). The zero-order chi connectivity index (χ0) is 16.2. The van der Waals surface area contributed by atoms with Gasteiger partial charge in [-0.05, 0) is 45.4 Å². The highest BCUT2D eigenvalue weighted by Gasteiger charge is 2.43. The molecule has 1 amide bonds. The van der Waals surface area contributed by atoms with E-state index in [-0.39, 0.29) is 5.92 Å². The molecule has 0 aromatic carbocycles. The van der Waals surface area contributed by atoms with Crippen LogP contribution in [0.25, 0.3) is 0 Å². The summed E-state index contributed by atoms with van der Waals surface area (Å²) in [5, 5.41) is 9.51. The third-order valence-electron chi connectivity index (χ3n) is 4.19. The zero-order valence-corrected chi connectivity index (χ0v) is 13.9. The van der Waals surface area contributed by atoms with Gasteiger partial charge in [-0.25, -0.2) is 9.59 Å². The molecule has 0 aromatic heterocycles. The molecule has 0 aliphatic carbocycles. The summed E-state index contributed by atoms with van der Waals surface area (Å²) in [5.41, 5.74) is -0.604. The van der Waals surface area contributed by atoms with Gasteiger partial charge in [0.25, 0.3) is 0 Å². The third kappa shape index (κ3) is 4.90. The van der Waals surface area contributed by atoms with Crippen LogP contribution in [0.1, 0.15) is 60.3 Å². The van der Waals surface area contributed by atoms with E-state index in [1.807, 2.05) is 0 Å². The lowest BCUT2D eigenvalue weighted by molar-refractivity contribution is -0.143. The van der Waals surface area contributed by atoms with Crippen molar-refractivity contribution in [3.05, 3.63) is 0 Å². The molecule has 0 bridgehead atoms. The zero-order valence-electron chi connectivity index (χ0n) is 13.9. The van der Waals surface area contributed by atoms with E-state index in [1.54, 1.807) is 20.8 Å². The quantitative estimate of drug-likeness (QED) is 0.843. The number of nitrogens with zero attached hydrogens (tertiary/aromatic N) is 1. The smallest absolute Gasteiger partial charge is 0.411 e. The Balaban J connectivity index is 2.79. The van der Waals surface area contributed by atoms with Gasteiger partial charge in [0.05, 0.1) is 0 Å². The van der Waals surface area contributed by atoms with E-state index in [9.17, 15) is 14.7 Å². The van der Waals surface area contributed by atoms with Crippen molar-refractivity contribution in [1.82, 2.24) is 4.90 Å². The third-order valence-corrected chi connectivity index (χ3v) is 4.19. The molecule has 1 aliphatic heterocycles. The number of carboxylic acid groups (broad SMARTS) is 1. The molecule has 122 valence electrons. The van der Waals surface area contributed by atoms with Crippen LogP contribution in [0.5, 0.6) is 0 Å². The minimum atomic E-state index is -0.922. The Morgan fingerprint density at radius 3 is 2.29 bits per heavy atom. The highest BCUT2D eigenvalue weighted by molar-refractivity contribution is 5.81. The molecule has 0 spiro atoms. The van der Waals surface area contributed by atoms with Gasteiger partial charge in [0, 0.05) is 6.54 Å². The number of amides is 1. The van der Waals surface area contributed by atoms with Crippen molar-refractivity contribution >= 4 is 12.1 Å². The van der Waals surface area contributed by atoms with E-state index in [0.717, 1.165) is 25.7 Å². The molecule has 1 saturated heterocycles. The van der Waals surface area contributed by atoms with Crippen molar-refractivity contribution in [2.45, 2.75) is 71.9 Å². The molecular weight excluding hydrogens is 270 g/mol. The van der Waals surface area contributed by atoms with Crippen molar-refractivity contribution in [1.29, 1.82) is 0 Å². The van der Waals surface area contributed by atoms with Gasteiger partial charge in [-0.3, -0.25) is 4.90 Å². The number of carbonyl (C=O) groups is 2. The van der Waals surface area contributed by atoms with E-state index in [0.29, 0.717) is 12.5 Å². The fourth-order valence-electron chi connectivity index (χ4n) is 3.01. The number of aliphatic carboxylic acids is 1. The van der Waals surface area contributed by atoms with Crippen LogP contribution in [0.2, 0.25) is 0 Å². The predicted molar refractivity (Wildman–Crippen MR) is 81.2 cm³/mol. The fourth-order valence-corrected chi connectivity index (χ4v) is 3.01. The topological polar surface area (TPSA) is 66.8 Å². The second-order valence-corrected chi connectivity index (χ2v) is 6.92. The lowest BCUT2D eigenvalue weighted by Gasteiger charge is -2.29. The van der Waals surface area contributed by atoms with Gasteiger partial charge >= 0.3 is 12.1 Å². The molecule has 5 nitrogen and oxygen atoms in total. The lowest BCUT2D eigenvalue weighted by atomic mass is 9.86. The Morgan fingerprint density at radius 2 is 1.86 bits per heavy atom. The Labute approximate surface area is 127 Å². The second kappa shape index (κ2) is 7.14. The molecular formula is C16H29NO4. The highest BCUT2D eigenvalue weighted by Crippen LogP contribution is 2.33. The molecule has 0 unspecified atom stereocenters. The first-order valence-electron chi connectivity index (χ1n) is 7.92. The van der Waals surface area contributed by atoms with Crippen LogP contribution < -0.4 is 0 Å². The van der Waals surface area contributed by atoms with Crippen LogP contribution in [-0.2, 0) is 9.53 Å². The molecule has 0 saturated carbocycles. The lowest BCUT2D eigenvalue weighted by Crippen LogP contribution is -2.45. The van der Waals surface area contributed by atoms with Gasteiger partial charge in [0.15, 0.2) is 0 Å². The minimum absolute atomic E-state index is 0.0277. The van der Waals surface area contributed by atoms with Crippen molar-refractivity contribution < 1.29 is 19.4 Å². The summed E-state index contributed by atoms with van der Waals surface area (Å²) in [7, 11) is 0. The van der Waals surface area contributed by atoms with Gasteiger partial charge < -0.3 is 9.84 Å². The van der Waals surface area contributed by atoms with Crippen molar-refractivity contribution in [3.8, 4) is 0 Å². The molecule has 2 atom stereocenters. The summed E-state index contributed by atoms with van der Waals surface area (Å²) in [6.45, 7) is 10.1. The normalized spacial score (nSPS) is 22.7. The van der Waals surface area contributed by atoms with Gasteiger partial charge in [0.1, 0.15) is 11.6 Å². The summed E-state index contributed by atoms with van der Waals surface area (Å²) < 4.78 is 5.33. The summed E-state index contributed by atoms with van der Waals surface area (Å²) in [6, 6.07) is -0.750. The number of carbonyl (C=O) groups excluding carboxylic acids is 1. The van der Waals surface area contributed by atoms with Crippen LogP contribution in [0.4, 0.5) is 4.79 Å². The first-order chi connectivity index (χ1) is 9.69.